The van der Waals surface area contributed by atoms with Crippen molar-refractivity contribution in [1.82, 2.24) is 15.1 Å². The van der Waals surface area contributed by atoms with Crippen LogP contribution < -0.4 is 11.1 Å². The summed E-state index contributed by atoms with van der Waals surface area (Å²) in [4.78, 5) is 24.7. The number of amides is 2. The Morgan fingerprint density at radius 2 is 1.92 bits per heavy atom. The van der Waals surface area contributed by atoms with Crippen LogP contribution in [0.25, 0.3) is 10.9 Å². The van der Waals surface area contributed by atoms with E-state index in [-0.39, 0.29) is 11.8 Å². The average molecular weight is 356 g/mol. The Bertz CT molecular complexity index is 790. The van der Waals surface area contributed by atoms with Crippen LogP contribution in [0, 0.1) is 11.8 Å². The Hall–Kier alpha value is -2.37. The quantitative estimate of drug-likeness (QED) is 0.834. The van der Waals surface area contributed by atoms with Crippen LogP contribution in [0.5, 0.6) is 0 Å². The number of hydrogen-bond donors (Lipinski definition) is 2. The highest BCUT2D eigenvalue weighted by molar-refractivity contribution is 6.06. The van der Waals surface area contributed by atoms with Gasteiger partial charge in [-0.25, -0.2) is 0 Å². The molecule has 1 saturated carbocycles. The van der Waals surface area contributed by atoms with Crippen molar-refractivity contribution in [3.63, 3.8) is 0 Å². The van der Waals surface area contributed by atoms with Crippen LogP contribution in [0.4, 0.5) is 0 Å². The molecule has 0 spiro atoms. The van der Waals surface area contributed by atoms with Gasteiger partial charge in [-0.2, -0.15) is 5.10 Å². The van der Waals surface area contributed by atoms with Crippen molar-refractivity contribution in [2.45, 2.75) is 58.5 Å². The van der Waals surface area contributed by atoms with Gasteiger partial charge in [-0.15, -0.1) is 0 Å². The Labute approximate surface area is 154 Å². The molecule has 1 aromatic carbocycles. The summed E-state index contributed by atoms with van der Waals surface area (Å²) in [6.07, 6.45) is 6.12. The van der Waals surface area contributed by atoms with E-state index in [4.69, 9.17) is 5.73 Å². The Morgan fingerprint density at radius 3 is 2.58 bits per heavy atom. The highest BCUT2D eigenvalue weighted by Crippen LogP contribution is 2.27. The van der Waals surface area contributed by atoms with Crippen molar-refractivity contribution in [1.29, 1.82) is 0 Å². The van der Waals surface area contributed by atoms with Crippen LogP contribution in [0.1, 0.15) is 56.4 Å². The molecule has 1 unspecified atom stereocenters. The second kappa shape index (κ2) is 7.89. The molecule has 6 heteroatoms. The molecule has 1 aliphatic rings. The first kappa shape index (κ1) is 18.4. The average Bonchev–Trinajstić information content (AvgIpc) is 2.97. The van der Waals surface area contributed by atoms with Gasteiger partial charge in [0.25, 0.3) is 5.91 Å². The van der Waals surface area contributed by atoms with E-state index in [1.54, 1.807) is 0 Å². The fourth-order valence-corrected chi connectivity index (χ4v) is 3.84. The molecule has 2 amide bonds. The molecule has 1 atom stereocenters. The molecule has 0 bridgehead atoms. The lowest BCUT2D eigenvalue weighted by molar-refractivity contribution is -0.120. The lowest BCUT2D eigenvalue weighted by Crippen LogP contribution is -2.48. The van der Waals surface area contributed by atoms with Gasteiger partial charge in [0.05, 0.1) is 5.52 Å². The number of aromatic nitrogens is 2. The molecule has 3 N–H and O–H groups in total. The smallest absolute Gasteiger partial charge is 0.270 e. The first-order valence-electron chi connectivity index (χ1n) is 9.53. The van der Waals surface area contributed by atoms with E-state index < -0.39 is 11.9 Å². The van der Waals surface area contributed by atoms with E-state index in [0.717, 1.165) is 17.4 Å². The SMILES string of the molecule is CC(C)C(NC(=O)c1c2ccccc2nn1CC1CCCCC1)C(N)=O. The fraction of sp³-hybridized carbons (Fsp3) is 0.550. The van der Waals surface area contributed by atoms with Crippen LogP contribution in [-0.4, -0.2) is 27.6 Å². The van der Waals surface area contributed by atoms with Crippen molar-refractivity contribution < 1.29 is 9.59 Å². The van der Waals surface area contributed by atoms with Gasteiger partial charge in [-0.3, -0.25) is 14.3 Å². The number of nitrogens with zero attached hydrogens (tertiary/aromatic N) is 2. The third-order valence-corrected chi connectivity index (χ3v) is 5.28. The van der Waals surface area contributed by atoms with Crippen molar-refractivity contribution in [2.24, 2.45) is 17.6 Å². The number of nitrogens with one attached hydrogen (secondary N) is 1. The number of carbonyl (C=O) groups is 2. The summed E-state index contributed by atoms with van der Waals surface area (Å²) < 4.78 is 1.83. The maximum Gasteiger partial charge on any atom is 0.270 e. The van der Waals surface area contributed by atoms with E-state index in [1.165, 1.54) is 32.1 Å². The largest absolute Gasteiger partial charge is 0.368 e. The second-order valence-corrected chi connectivity index (χ2v) is 7.65. The van der Waals surface area contributed by atoms with Crippen LogP contribution in [-0.2, 0) is 11.3 Å². The fourth-order valence-electron chi connectivity index (χ4n) is 3.84. The highest BCUT2D eigenvalue weighted by atomic mass is 16.2. The third-order valence-electron chi connectivity index (χ3n) is 5.28. The molecule has 6 nitrogen and oxygen atoms in total. The molecule has 1 heterocycles. The topological polar surface area (TPSA) is 90.0 Å². The van der Waals surface area contributed by atoms with Crippen LogP contribution in [0.3, 0.4) is 0 Å². The number of benzene rings is 1. The molecular weight excluding hydrogens is 328 g/mol. The minimum Gasteiger partial charge on any atom is -0.368 e. The van der Waals surface area contributed by atoms with E-state index >= 15 is 0 Å². The normalized spacial score (nSPS) is 16.7. The molecule has 0 radical (unpaired) electrons. The number of hydrogen-bond acceptors (Lipinski definition) is 3. The van der Waals surface area contributed by atoms with Crippen molar-refractivity contribution in [3.05, 3.63) is 30.0 Å². The van der Waals surface area contributed by atoms with Crippen LogP contribution in [0.2, 0.25) is 0 Å². The molecule has 140 valence electrons. The molecule has 1 aromatic heterocycles. The number of primary amides is 1. The number of rotatable bonds is 6. The summed E-state index contributed by atoms with van der Waals surface area (Å²) in [5.74, 6) is -0.331. The Kier molecular flexibility index (Phi) is 5.59. The summed E-state index contributed by atoms with van der Waals surface area (Å²) in [5.41, 5.74) is 6.79. The van der Waals surface area contributed by atoms with Gasteiger partial charge in [-0.05, 0) is 30.7 Å². The van der Waals surface area contributed by atoms with Crippen molar-refractivity contribution in [2.75, 3.05) is 0 Å². The molecule has 3 rings (SSSR count). The molecule has 1 aliphatic carbocycles. The van der Waals surface area contributed by atoms with Gasteiger partial charge >= 0.3 is 0 Å². The van der Waals surface area contributed by atoms with Crippen LogP contribution >= 0.6 is 0 Å². The minimum atomic E-state index is -0.695. The maximum atomic E-state index is 13.0. The molecule has 1 fully saturated rings. The Balaban J connectivity index is 1.92. The summed E-state index contributed by atoms with van der Waals surface area (Å²) in [5, 5.41) is 8.29. The lowest BCUT2D eigenvalue weighted by Gasteiger charge is -2.23. The van der Waals surface area contributed by atoms with Gasteiger partial charge in [0.1, 0.15) is 11.7 Å². The predicted molar refractivity (Wildman–Crippen MR) is 102 cm³/mol. The molecule has 0 saturated heterocycles. The predicted octanol–water partition coefficient (Wildman–Crippen LogP) is 2.86. The Morgan fingerprint density at radius 1 is 1.23 bits per heavy atom. The van der Waals surface area contributed by atoms with Crippen LogP contribution in [0.15, 0.2) is 24.3 Å². The third kappa shape index (κ3) is 3.89. The van der Waals surface area contributed by atoms with Gasteiger partial charge < -0.3 is 11.1 Å². The first-order chi connectivity index (χ1) is 12.5. The van der Waals surface area contributed by atoms with Gasteiger partial charge in [-0.1, -0.05) is 51.3 Å². The first-order valence-corrected chi connectivity index (χ1v) is 9.53. The number of fused-ring (bicyclic) bond motifs is 1. The number of nitrogens with two attached hydrogens (primary N) is 1. The van der Waals surface area contributed by atoms with E-state index in [1.807, 2.05) is 42.8 Å². The van der Waals surface area contributed by atoms with Crippen molar-refractivity contribution in [3.8, 4) is 0 Å². The zero-order valence-corrected chi connectivity index (χ0v) is 15.6. The van der Waals surface area contributed by atoms with E-state index in [2.05, 4.69) is 10.4 Å². The number of carbonyl (C=O) groups excluding carboxylic acids is 2. The minimum absolute atomic E-state index is 0.0718. The van der Waals surface area contributed by atoms with E-state index in [0.29, 0.717) is 11.6 Å². The lowest BCUT2D eigenvalue weighted by atomic mass is 9.89. The molecule has 0 aliphatic heterocycles. The zero-order valence-electron chi connectivity index (χ0n) is 15.6. The second-order valence-electron chi connectivity index (χ2n) is 7.65. The summed E-state index contributed by atoms with van der Waals surface area (Å²) >= 11 is 0. The molecular formula is C20H28N4O2. The monoisotopic (exact) mass is 356 g/mol. The standard InChI is InChI=1S/C20H28N4O2/c1-13(2)17(19(21)25)22-20(26)18-15-10-6-7-11-16(15)23-24(18)12-14-8-4-3-5-9-14/h6-7,10-11,13-14,17H,3-5,8-9,12H2,1-2H3,(H2,21,25)(H,22,26). The molecule has 26 heavy (non-hydrogen) atoms. The maximum absolute atomic E-state index is 13.0. The summed E-state index contributed by atoms with van der Waals surface area (Å²) in [6, 6.07) is 6.95. The van der Waals surface area contributed by atoms with Gasteiger partial charge in [0, 0.05) is 11.9 Å². The zero-order chi connectivity index (χ0) is 18.7. The van der Waals surface area contributed by atoms with Gasteiger partial charge in [0.2, 0.25) is 5.91 Å². The summed E-state index contributed by atoms with van der Waals surface area (Å²) in [7, 11) is 0. The van der Waals surface area contributed by atoms with E-state index in [9.17, 15) is 9.59 Å². The van der Waals surface area contributed by atoms with Crippen molar-refractivity contribution >= 4 is 22.7 Å². The summed E-state index contributed by atoms with van der Waals surface area (Å²) in [6.45, 7) is 4.47. The highest BCUT2D eigenvalue weighted by Gasteiger charge is 2.27. The molecule has 2 aromatic rings. The van der Waals surface area contributed by atoms with Gasteiger partial charge in [0.15, 0.2) is 0 Å².